The molecule has 0 bridgehead atoms. The Labute approximate surface area is 143 Å². The summed E-state index contributed by atoms with van der Waals surface area (Å²) in [7, 11) is 1.89. The first-order chi connectivity index (χ1) is 11.6. The maximum Gasteiger partial charge on any atom is 0.222 e. The van der Waals surface area contributed by atoms with E-state index in [0.29, 0.717) is 30.7 Å². The summed E-state index contributed by atoms with van der Waals surface area (Å²) >= 11 is 0. The van der Waals surface area contributed by atoms with Crippen molar-refractivity contribution in [1.29, 1.82) is 0 Å². The predicted molar refractivity (Wildman–Crippen MR) is 91.2 cm³/mol. The predicted octanol–water partition coefficient (Wildman–Crippen LogP) is 1.60. The van der Waals surface area contributed by atoms with Crippen LogP contribution in [-0.4, -0.2) is 57.1 Å². The fourth-order valence-corrected chi connectivity index (χ4v) is 4.12. The average Bonchev–Trinajstić information content (AvgIpc) is 3.00. The second kappa shape index (κ2) is 7.36. The van der Waals surface area contributed by atoms with E-state index in [1.807, 2.05) is 24.3 Å². The highest BCUT2D eigenvalue weighted by Gasteiger charge is 2.39. The van der Waals surface area contributed by atoms with Crippen molar-refractivity contribution in [2.75, 3.05) is 19.6 Å². The minimum Gasteiger partial charge on any atom is -0.342 e. The van der Waals surface area contributed by atoms with Gasteiger partial charge >= 0.3 is 0 Å². The van der Waals surface area contributed by atoms with Gasteiger partial charge in [-0.3, -0.25) is 14.3 Å². The number of carbonyl (C=O) groups is 2. The molecule has 3 rings (SSSR count). The van der Waals surface area contributed by atoms with Crippen molar-refractivity contribution < 1.29 is 9.59 Å². The Hall–Kier alpha value is -1.85. The fourth-order valence-electron chi connectivity index (χ4n) is 4.12. The van der Waals surface area contributed by atoms with Gasteiger partial charge in [-0.05, 0) is 37.2 Å². The molecule has 6 nitrogen and oxygen atoms in total. The zero-order valence-corrected chi connectivity index (χ0v) is 14.8. The second-order valence-corrected chi connectivity index (χ2v) is 7.10. The van der Waals surface area contributed by atoms with E-state index in [0.717, 1.165) is 50.9 Å². The molecule has 0 radical (unpaired) electrons. The van der Waals surface area contributed by atoms with Crippen molar-refractivity contribution in [1.82, 2.24) is 19.6 Å². The molecule has 0 spiro atoms. The summed E-state index contributed by atoms with van der Waals surface area (Å²) in [5.41, 5.74) is 1.11. The first kappa shape index (κ1) is 17.0. The third-order valence-electron chi connectivity index (χ3n) is 5.35. The number of likely N-dealkylation sites (tertiary alicyclic amines) is 2. The largest absolute Gasteiger partial charge is 0.342 e. The Morgan fingerprint density at radius 3 is 2.92 bits per heavy atom. The van der Waals surface area contributed by atoms with Gasteiger partial charge in [-0.15, -0.1) is 0 Å². The summed E-state index contributed by atoms with van der Waals surface area (Å²) in [4.78, 5) is 28.8. The number of piperidine rings is 2. The smallest absolute Gasteiger partial charge is 0.222 e. The molecule has 1 aromatic heterocycles. The Kier molecular flexibility index (Phi) is 5.21. The number of aryl methyl sites for hydroxylation is 2. The number of hydrogen-bond donors (Lipinski definition) is 0. The van der Waals surface area contributed by atoms with Gasteiger partial charge in [-0.2, -0.15) is 5.10 Å². The first-order valence-electron chi connectivity index (χ1n) is 9.13. The molecule has 1 aromatic rings. The van der Waals surface area contributed by atoms with Crippen molar-refractivity contribution in [3.8, 4) is 0 Å². The van der Waals surface area contributed by atoms with Crippen LogP contribution in [-0.2, 0) is 23.1 Å². The molecule has 2 amide bonds. The summed E-state index contributed by atoms with van der Waals surface area (Å²) in [6.07, 6.45) is 8.58. The molecule has 0 aromatic carbocycles. The van der Waals surface area contributed by atoms with Crippen molar-refractivity contribution in [3.63, 3.8) is 0 Å². The van der Waals surface area contributed by atoms with E-state index in [1.54, 1.807) is 4.68 Å². The van der Waals surface area contributed by atoms with E-state index in [1.165, 1.54) is 0 Å². The lowest BCUT2D eigenvalue weighted by Gasteiger charge is -2.47. The van der Waals surface area contributed by atoms with E-state index in [4.69, 9.17) is 0 Å². The quantitative estimate of drug-likeness (QED) is 0.823. The van der Waals surface area contributed by atoms with Crippen LogP contribution >= 0.6 is 0 Å². The molecule has 0 aliphatic carbocycles. The standard InChI is InChI=1S/C18H28N4O2/c1-3-9-22-16-8-10-21(13-15(16)5-7-18(22)24)17(23)6-4-14-11-19-20(2)12-14/h11-12,15-16H,3-10,13H2,1-2H3/t15-,16+/m0/s1. The molecule has 2 aliphatic rings. The molecule has 24 heavy (non-hydrogen) atoms. The van der Waals surface area contributed by atoms with Gasteiger partial charge in [0, 0.05) is 51.8 Å². The molecule has 0 N–H and O–H groups in total. The minimum atomic E-state index is 0.233. The number of rotatable bonds is 5. The molecule has 6 heteroatoms. The van der Waals surface area contributed by atoms with Crippen LogP contribution < -0.4 is 0 Å². The highest BCUT2D eigenvalue weighted by atomic mass is 16.2. The van der Waals surface area contributed by atoms with Crippen LogP contribution in [0.5, 0.6) is 0 Å². The Bertz CT molecular complexity index is 598. The van der Waals surface area contributed by atoms with Crippen molar-refractivity contribution in [3.05, 3.63) is 18.0 Å². The third kappa shape index (κ3) is 3.62. The number of fused-ring (bicyclic) bond motifs is 1. The molecule has 2 atom stereocenters. The van der Waals surface area contributed by atoms with Crippen molar-refractivity contribution in [2.24, 2.45) is 13.0 Å². The topological polar surface area (TPSA) is 58.4 Å². The van der Waals surface area contributed by atoms with Crippen molar-refractivity contribution in [2.45, 2.75) is 51.5 Å². The number of carbonyl (C=O) groups excluding carboxylic acids is 2. The van der Waals surface area contributed by atoms with Crippen LogP contribution in [0, 0.1) is 5.92 Å². The third-order valence-corrected chi connectivity index (χ3v) is 5.35. The van der Waals surface area contributed by atoms with Gasteiger partial charge in [-0.25, -0.2) is 0 Å². The van der Waals surface area contributed by atoms with Gasteiger partial charge in [0.15, 0.2) is 0 Å². The lowest BCUT2D eigenvalue weighted by molar-refractivity contribution is -0.144. The highest BCUT2D eigenvalue weighted by Crippen LogP contribution is 2.31. The Morgan fingerprint density at radius 2 is 2.21 bits per heavy atom. The summed E-state index contributed by atoms with van der Waals surface area (Å²) in [5.74, 6) is 0.982. The molecule has 3 heterocycles. The molecule has 2 fully saturated rings. The van der Waals surface area contributed by atoms with Gasteiger partial charge in [0.1, 0.15) is 0 Å². The van der Waals surface area contributed by atoms with Crippen LogP contribution in [0.1, 0.15) is 44.6 Å². The summed E-state index contributed by atoms with van der Waals surface area (Å²) in [5, 5.41) is 4.15. The van der Waals surface area contributed by atoms with Gasteiger partial charge < -0.3 is 9.80 Å². The van der Waals surface area contributed by atoms with Crippen LogP contribution in [0.4, 0.5) is 0 Å². The maximum absolute atomic E-state index is 12.5. The summed E-state index contributed by atoms with van der Waals surface area (Å²) < 4.78 is 1.77. The van der Waals surface area contributed by atoms with Crippen LogP contribution in [0.3, 0.4) is 0 Å². The molecule has 132 valence electrons. The molecule has 0 unspecified atom stereocenters. The molecule has 2 aliphatic heterocycles. The normalized spacial score (nSPS) is 24.2. The van der Waals surface area contributed by atoms with Gasteiger partial charge in [0.2, 0.25) is 11.8 Å². The maximum atomic E-state index is 12.5. The highest BCUT2D eigenvalue weighted by molar-refractivity contribution is 5.78. The van der Waals surface area contributed by atoms with Crippen LogP contribution in [0.25, 0.3) is 0 Å². The zero-order chi connectivity index (χ0) is 17.1. The van der Waals surface area contributed by atoms with Crippen LogP contribution in [0.15, 0.2) is 12.4 Å². The number of aromatic nitrogens is 2. The van der Waals surface area contributed by atoms with E-state index < -0.39 is 0 Å². The lowest BCUT2D eigenvalue weighted by Crippen LogP contribution is -2.57. The SMILES string of the molecule is CCCN1C(=O)CC[C@H]2CN(C(=O)CCc3cnn(C)c3)CC[C@H]21. The van der Waals surface area contributed by atoms with E-state index in [-0.39, 0.29) is 5.91 Å². The molecule has 2 saturated heterocycles. The van der Waals surface area contributed by atoms with Gasteiger partial charge in [0.05, 0.1) is 6.20 Å². The van der Waals surface area contributed by atoms with E-state index >= 15 is 0 Å². The summed E-state index contributed by atoms with van der Waals surface area (Å²) in [6, 6.07) is 0.341. The van der Waals surface area contributed by atoms with Gasteiger partial charge in [-0.1, -0.05) is 6.92 Å². The fraction of sp³-hybridized carbons (Fsp3) is 0.722. The molecular weight excluding hydrogens is 304 g/mol. The van der Waals surface area contributed by atoms with Crippen molar-refractivity contribution >= 4 is 11.8 Å². The van der Waals surface area contributed by atoms with Crippen LogP contribution in [0.2, 0.25) is 0 Å². The number of nitrogens with zero attached hydrogens (tertiary/aromatic N) is 4. The first-order valence-corrected chi connectivity index (χ1v) is 9.13. The molecule has 0 saturated carbocycles. The zero-order valence-electron chi connectivity index (χ0n) is 14.8. The lowest BCUT2D eigenvalue weighted by atomic mass is 9.83. The minimum absolute atomic E-state index is 0.233. The average molecular weight is 332 g/mol. The van der Waals surface area contributed by atoms with E-state index in [2.05, 4.69) is 16.9 Å². The Balaban J connectivity index is 1.54. The Morgan fingerprint density at radius 1 is 1.38 bits per heavy atom. The van der Waals surface area contributed by atoms with E-state index in [9.17, 15) is 9.59 Å². The monoisotopic (exact) mass is 332 g/mol. The summed E-state index contributed by atoms with van der Waals surface area (Å²) in [6.45, 7) is 4.56. The number of amides is 2. The second-order valence-electron chi connectivity index (χ2n) is 7.10. The molecular formula is C18H28N4O2. The van der Waals surface area contributed by atoms with Gasteiger partial charge in [0.25, 0.3) is 0 Å². The number of hydrogen-bond acceptors (Lipinski definition) is 3.